The highest BCUT2D eigenvalue weighted by Crippen LogP contribution is 2.27. The third-order valence-electron chi connectivity index (χ3n) is 2.57. The predicted molar refractivity (Wildman–Crippen MR) is 70.1 cm³/mol. The van der Waals surface area contributed by atoms with Gasteiger partial charge in [0.2, 0.25) is 0 Å². The van der Waals surface area contributed by atoms with Gasteiger partial charge in [-0.15, -0.1) is 0 Å². The standard InChI is InChI=1S/C14H11NO5/c15-13(17)11-6-5-10(7-12(11)16)20-9-3-1-8(2-4-9)14(18)19/h1-7,16H,(H2,15,17)(H,18,19). The van der Waals surface area contributed by atoms with E-state index in [1.165, 1.54) is 42.5 Å². The monoisotopic (exact) mass is 273 g/mol. The molecule has 0 fully saturated rings. The molecule has 102 valence electrons. The molecule has 0 heterocycles. The van der Waals surface area contributed by atoms with Crippen molar-refractivity contribution in [3.8, 4) is 17.2 Å². The highest BCUT2D eigenvalue weighted by Gasteiger charge is 2.09. The fraction of sp³-hybridized carbons (Fsp3) is 0. The third-order valence-corrected chi connectivity index (χ3v) is 2.57. The van der Waals surface area contributed by atoms with Gasteiger partial charge in [0.15, 0.2) is 0 Å². The van der Waals surface area contributed by atoms with Crippen molar-refractivity contribution in [2.24, 2.45) is 5.73 Å². The first-order valence-corrected chi connectivity index (χ1v) is 5.61. The highest BCUT2D eigenvalue weighted by molar-refractivity contribution is 5.95. The molecule has 0 aliphatic rings. The normalized spacial score (nSPS) is 10.0. The van der Waals surface area contributed by atoms with Gasteiger partial charge in [0, 0.05) is 6.07 Å². The summed E-state index contributed by atoms with van der Waals surface area (Å²) in [6.07, 6.45) is 0. The molecule has 0 saturated heterocycles. The van der Waals surface area contributed by atoms with Crippen molar-refractivity contribution in [1.82, 2.24) is 0 Å². The number of primary amides is 1. The molecule has 6 nitrogen and oxygen atoms in total. The summed E-state index contributed by atoms with van der Waals surface area (Å²) in [5.74, 6) is -1.34. The van der Waals surface area contributed by atoms with E-state index < -0.39 is 11.9 Å². The summed E-state index contributed by atoms with van der Waals surface area (Å²) >= 11 is 0. The summed E-state index contributed by atoms with van der Waals surface area (Å²) in [4.78, 5) is 21.7. The number of phenols is 1. The van der Waals surface area contributed by atoms with Crippen molar-refractivity contribution in [2.75, 3.05) is 0 Å². The highest BCUT2D eigenvalue weighted by atomic mass is 16.5. The Kier molecular flexibility index (Phi) is 3.56. The lowest BCUT2D eigenvalue weighted by Crippen LogP contribution is -2.10. The minimum Gasteiger partial charge on any atom is -0.507 e. The fourth-order valence-corrected chi connectivity index (χ4v) is 1.58. The smallest absolute Gasteiger partial charge is 0.335 e. The van der Waals surface area contributed by atoms with Gasteiger partial charge in [0.05, 0.1) is 11.1 Å². The van der Waals surface area contributed by atoms with Crippen LogP contribution in [-0.4, -0.2) is 22.1 Å². The first kappa shape index (κ1) is 13.4. The van der Waals surface area contributed by atoms with E-state index in [4.69, 9.17) is 15.6 Å². The van der Waals surface area contributed by atoms with E-state index >= 15 is 0 Å². The maximum Gasteiger partial charge on any atom is 0.335 e. The van der Waals surface area contributed by atoms with Gasteiger partial charge in [-0.1, -0.05) is 0 Å². The Labute approximate surface area is 114 Å². The Morgan fingerprint density at radius 3 is 2.10 bits per heavy atom. The van der Waals surface area contributed by atoms with E-state index in [1.807, 2.05) is 0 Å². The van der Waals surface area contributed by atoms with E-state index in [0.29, 0.717) is 11.5 Å². The van der Waals surface area contributed by atoms with Crippen LogP contribution in [0.25, 0.3) is 0 Å². The molecule has 0 aliphatic carbocycles. The summed E-state index contributed by atoms with van der Waals surface area (Å²) in [5.41, 5.74) is 5.21. The third kappa shape index (κ3) is 2.86. The van der Waals surface area contributed by atoms with Crippen LogP contribution in [-0.2, 0) is 0 Å². The Morgan fingerprint density at radius 2 is 1.60 bits per heavy atom. The maximum absolute atomic E-state index is 11.0. The zero-order valence-electron chi connectivity index (χ0n) is 10.2. The summed E-state index contributed by atoms with van der Waals surface area (Å²) in [6, 6.07) is 9.85. The Bertz CT molecular complexity index is 664. The average Bonchev–Trinajstić information content (AvgIpc) is 2.39. The molecule has 0 saturated carbocycles. The second kappa shape index (κ2) is 5.31. The van der Waals surface area contributed by atoms with Crippen molar-refractivity contribution in [1.29, 1.82) is 0 Å². The number of carboxylic acid groups (broad SMARTS) is 1. The minimum absolute atomic E-state index is 0.00132. The van der Waals surface area contributed by atoms with Gasteiger partial charge in [-0.25, -0.2) is 4.79 Å². The number of ether oxygens (including phenoxy) is 1. The number of carboxylic acids is 1. The number of carbonyl (C=O) groups excluding carboxylic acids is 1. The van der Waals surface area contributed by atoms with Crippen LogP contribution in [0.2, 0.25) is 0 Å². The Hall–Kier alpha value is -3.02. The van der Waals surface area contributed by atoms with Crippen LogP contribution in [0.4, 0.5) is 0 Å². The number of nitrogens with two attached hydrogens (primary N) is 1. The zero-order valence-corrected chi connectivity index (χ0v) is 10.2. The number of rotatable bonds is 4. The van der Waals surface area contributed by atoms with Gasteiger partial charge in [-0.3, -0.25) is 4.79 Å². The van der Waals surface area contributed by atoms with Crippen LogP contribution in [0.15, 0.2) is 42.5 Å². The molecule has 20 heavy (non-hydrogen) atoms. The molecular weight excluding hydrogens is 262 g/mol. The molecule has 6 heteroatoms. The van der Waals surface area contributed by atoms with E-state index in [1.54, 1.807) is 0 Å². The number of carbonyl (C=O) groups is 2. The Balaban J connectivity index is 2.19. The van der Waals surface area contributed by atoms with E-state index in [2.05, 4.69) is 0 Å². The molecule has 0 unspecified atom stereocenters. The van der Waals surface area contributed by atoms with Crippen molar-refractivity contribution < 1.29 is 24.5 Å². The van der Waals surface area contributed by atoms with Crippen LogP contribution >= 0.6 is 0 Å². The van der Waals surface area contributed by atoms with E-state index in [0.717, 1.165) is 0 Å². The Morgan fingerprint density at radius 1 is 1.00 bits per heavy atom. The first-order chi connectivity index (χ1) is 9.47. The van der Waals surface area contributed by atoms with Crippen molar-refractivity contribution in [2.45, 2.75) is 0 Å². The maximum atomic E-state index is 11.0. The molecule has 2 aromatic rings. The quantitative estimate of drug-likeness (QED) is 0.789. The molecule has 0 bridgehead atoms. The fourth-order valence-electron chi connectivity index (χ4n) is 1.58. The largest absolute Gasteiger partial charge is 0.507 e. The lowest BCUT2D eigenvalue weighted by atomic mass is 10.2. The van der Waals surface area contributed by atoms with E-state index in [-0.39, 0.29) is 16.9 Å². The van der Waals surface area contributed by atoms with Crippen LogP contribution in [0, 0.1) is 0 Å². The van der Waals surface area contributed by atoms with Crippen LogP contribution < -0.4 is 10.5 Å². The number of hydrogen-bond donors (Lipinski definition) is 3. The molecule has 2 rings (SSSR count). The lowest BCUT2D eigenvalue weighted by molar-refractivity contribution is 0.0696. The summed E-state index contributed by atoms with van der Waals surface area (Å²) in [7, 11) is 0. The van der Waals surface area contributed by atoms with Crippen molar-refractivity contribution >= 4 is 11.9 Å². The van der Waals surface area contributed by atoms with Gasteiger partial charge in [-0.2, -0.15) is 0 Å². The minimum atomic E-state index is -1.03. The second-order valence-electron chi connectivity index (χ2n) is 3.97. The summed E-state index contributed by atoms with van der Waals surface area (Å²) < 4.78 is 5.42. The number of aromatic hydroxyl groups is 1. The lowest BCUT2D eigenvalue weighted by Gasteiger charge is -2.07. The van der Waals surface area contributed by atoms with E-state index in [9.17, 15) is 14.7 Å². The average molecular weight is 273 g/mol. The number of hydrogen-bond acceptors (Lipinski definition) is 4. The first-order valence-electron chi connectivity index (χ1n) is 5.61. The van der Waals surface area contributed by atoms with Gasteiger partial charge >= 0.3 is 5.97 Å². The van der Waals surface area contributed by atoms with Gasteiger partial charge in [-0.05, 0) is 36.4 Å². The molecule has 1 amide bonds. The molecular formula is C14H11NO5. The van der Waals surface area contributed by atoms with Crippen molar-refractivity contribution in [3.05, 3.63) is 53.6 Å². The molecule has 0 spiro atoms. The second-order valence-corrected chi connectivity index (χ2v) is 3.97. The molecule has 0 aliphatic heterocycles. The zero-order chi connectivity index (χ0) is 14.7. The molecule has 0 atom stereocenters. The summed E-state index contributed by atoms with van der Waals surface area (Å²) in [6.45, 7) is 0. The SMILES string of the molecule is NC(=O)c1ccc(Oc2ccc(C(=O)O)cc2)cc1O. The number of aromatic carboxylic acids is 1. The predicted octanol–water partition coefficient (Wildman–Crippen LogP) is 1.98. The number of amides is 1. The molecule has 2 aromatic carbocycles. The van der Waals surface area contributed by atoms with Crippen molar-refractivity contribution in [3.63, 3.8) is 0 Å². The van der Waals surface area contributed by atoms with Gasteiger partial charge in [0.25, 0.3) is 5.91 Å². The van der Waals surface area contributed by atoms with Gasteiger partial charge in [0.1, 0.15) is 17.2 Å². The molecule has 4 N–H and O–H groups in total. The van der Waals surface area contributed by atoms with Gasteiger partial charge < -0.3 is 20.7 Å². The van der Waals surface area contributed by atoms with Crippen LogP contribution in [0.3, 0.4) is 0 Å². The molecule has 0 aromatic heterocycles. The molecule has 0 radical (unpaired) electrons. The van der Waals surface area contributed by atoms with Crippen LogP contribution in [0.1, 0.15) is 20.7 Å². The summed E-state index contributed by atoms with van der Waals surface area (Å²) in [5, 5.41) is 18.4. The van der Waals surface area contributed by atoms with Crippen LogP contribution in [0.5, 0.6) is 17.2 Å². The number of benzene rings is 2. The topological polar surface area (TPSA) is 110 Å².